The summed E-state index contributed by atoms with van der Waals surface area (Å²) in [6.45, 7) is 0.330. The molecular weight excluding hydrogens is 147 g/mol. The van der Waals surface area contributed by atoms with Gasteiger partial charge in [0.15, 0.2) is 0 Å². The molecule has 12 heavy (non-hydrogen) atoms. The standard InChI is InChI=1S/C10H20BO/c12-9-8-11-10-6-4-2-1-3-5-7-10/h10,12H,1-9H2. The average molecular weight is 167 g/mol. The van der Waals surface area contributed by atoms with Gasteiger partial charge in [0.1, 0.15) is 7.28 Å². The zero-order valence-corrected chi connectivity index (χ0v) is 7.97. The molecule has 1 radical (unpaired) electrons. The molecule has 0 aliphatic heterocycles. The third kappa shape index (κ3) is 4.15. The number of hydrogen-bond donors (Lipinski definition) is 1. The van der Waals surface area contributed by atoms with Gasteiger partial charge in [-0.2, -0.15) is 0 Å². The van der Waals surface area contributed by atoms with Gasteiger partial charge in [-0.1, -0.05) is 57.1 Å². The van der Waals surface area contributed by atoms with Crippen LogP contribution in [0.3, 0.4) is 0 Å². The van der Waals surface area contributed by atoms with Gasteiger partial charge < -0.3 is 5.11 Å². The van der Waals surface area contributed by atoms with Crippen molar-refractivity contribution in [2.24, 2.45) is 0 Å². The molecule has 1 aliphatic carbocycles. The first kappa shape index (κ1) is 10.1. The van der Waals surface area contributed by atoms with Gasteiger partial charge in [-0.25, -0.2) is 0 Å². The topological polar surface area (TPSA) is 20.2 Å². The fourth-order valence-corrected chi connectivity index (χ4v) is 2.03. The predicted molar refractivity (Wildman–Crippen MR) is 53.7 cm³/mol. The summed E-state index contributed by atoms with van der Waals surface area (Å²) in [7, 11) is 2.32. The average Bonchev–Trinajstić information content (AvgIpc) is 2.02. The SMILES string of the molecule is OCC[B]C1CCCCCCC1. The van der Waals surface area contributed by atoms with Crippen LogP contribution in [0.25, 0.3) is 0 Å². The zero-order valence-electron chi connectivity index (χ0n) is 7.97. The molecule has 0 unspecified atom stereocenters. The maximum atomic E-state index is 8.69. The second kappa shape index (κ2) is 6.53. The minimum atomic E-state index is 0.330. The van der Waals surface area contributed by atoms with Crippen molar-refractivity contribution in [2.45, 2.75) is 57.1 Å². The molecule has 69 valence electrons. The monoisotopic (exact) mass is 167 g/mol. The van der Waals surface area contributed by atoms with Crippen LogP contribution in [0.15, 0.2) is 0 Å². The van der Waals surface area contributed by atoms with E-state index in [0.29, 0.717) is 6.61 Å². The van der Waals surface area contributed by atoms with Crippen molar-refractivity contribution in [3.63, 3.8) is 0 Å². The van der Waals surface area contributed by atoms with Crippen LogP contribution in [0.4, 0.5) is 0 Å². The van der Waals surface area contributed by atoms with Crippen molar-refractivity contribution in [3.8, 4) is 0 Å². The summed E-state index contributed by atoms with van der Waals surface area (Å²) in [5, 5.41) is 8.69. The van der Waals surface area contributed by atoms with Crippen LogP contribution in [-0.2, 0) is 0 Å². The predicted octanol–water partition coefficient (Wildman–Crippen LogP) is 2.63. The normalized spacial score (nSPS) is 21.4. The second-order valence-electron chi connectivity index (χ2n) is 3.85. The first-order valence-electron chi connectivity index (χ1n) is 5.37. The van der Waals surface area contributed by atoms with Crippen molar-refractivity contribution in [1.82, 2.24) is 0 Å². The minimum Gasteiger partial charge on any atom is -0.397 e. The van der Waals surface area contributed by atoms with Crippen LogP contribution >= 0.6 is 0 Å². The van der Waals surface area contributed by atoms with E-state index in [1.165, 1.54) is 44.9 Å². The van der Waals surface area contributed by atoms with E-state index in [0.717, 1.165) is 12.1 Å². The fraction of sp³-hybridized carbons (Fsp3) is 1.00. The van der Waals surface area contributed by atoms with E-state index in [2.05, 4.69) is 7.28 Å². The first-order chi connectivity index (χ1) is 5.93. The largest absolute Gasteiger partial charge is 0.397 e. The summed E-state index contributed by atoms with van der Waals surface area (Å²) in [4.78, 5) is 0. The Morgan fingerprint density at radius 1 is 1.00 bits per heavy atom. The Bertz CT molecular complexity index is 95.3. The maximum Gasteiger partial charge on any atom is 0.116 e. The molecule has 2 heteroatoms. The number of aliphatic hydroxyl groups is 1. The maximum absolute atomic E-state index is 8.69. The lowest BCUT2D eigenvalue weighted by Crippen LogP contribution is -2.07. The van der Waals surface area contributed by atoms with Crippen molar-refractivity contribution >= 4 is 7.28 Å². The van der Waals surface area contributed by atoms with E-state index >= 15 is 0 Å². The molecule has 0 aromatic heterocycles. The van der Waals surface area contributed by atoms with Crippen LogP contribution in [0, 0.1) is 0 Å². The smallest absolute Gasteiger partial charge is 0.116 e. The summed E-state index contributed by atoms with van der Waals surface area (Å²) in [6.07, 6.45) is 10.7. The molecule has 0 spiro atoms. The van der Waals surface area contributed by atoms with Crippen LogP contribution in [0.1, 0.15) is 44.9 Å². The molecule has 0 heterocycles. The van der Waals surface area contributed by atoms with E-state index in [1.54, 1.807) is 0 Å². The summed E-state index contributed by atoms with van der Waals surface area (Å²) in [6, 6.07) is 0. The van der Waals surface area contributed by atoms with Crippen LogP contribution in [-0.4, -0.2) is 19.0 Å². The molecule has 0 aromatic carbocycles. The van der Waals surface area contributed by atoms with Gasteiger partial charge >= 0.3 is 0 Å². The Hall–Kier alpha value is 0.0249. The Balaban J connectivity index is 2.11. The molecule has 1 fully saturated rings. The van der Waals surface area contributed by atoms with E-state index < -0.39 is 0 Å². The zero-order chi connectivity index (χ0) is 8.65. The lowest BCUT2D eigenvalue weighted by Gasteiger charge is -2.18. The van der Waals surface area contributed by atoms with E-state index in [9.17, 15) is 0 Å². The highest BCUT2D eigenvalue weighted by Gasteiger charge is 2.11. The lowest BCUT2D eigenvalue weighted by atomic mass is 9.58. The van der Waals surface area contributed by atoms with Gasteiger partial charge in [0, 0.05) is 6.61 Å². The summed E-state index contributed by atoms with van der Waals surface area (Å²) < 4.78 is 0. The molecular formula is C10H20BO. The number of hydrogen-bond acceptors (Lipinski definition) is 1. The van der Waals surface area contributed by atoms with Crippen LogP contribution in [0.5, 0.6) is 0 Å². The second-order valence-corrected chi connectivity index (χ2v) is 3.85. The van der Waals surface area contributed by atoms with E-state index in [1.807, 2.05) is 0 Å². The van der Waals surface area contributed by atoms with Crippen molar-refractivity contribution < 1.29 is 5.11 Å². The van der Waals surface area contributed by atoms with E-state index in [-0.39, 0.29) is 0 Å². The number of rotatable bonds is 3. The molecule has 1 N–H and O–H groups in total. The molecule has 1 aliphatic rings. The van der Waals surface area contributed by atoms with Gasteiger partial charge in [0.2, 0.25) is 0 Å². The molecule has 1 saturated carbocycles. The van der Waals surface area contributed by atoms with Gasteiger partial charge in [0.05, 0.1) is 0 Å². The van der Waals surface area contributed by atoms with Crippen molar-refractivity contribution in [1.29, 1.82) is 0 Å². The molecule has 1 nitrogen and oxygen atoms in total. The number of aliphatic hydroxyl groups excluding tert-OH is 1. The third-order valence-electron chi connectivity index (χ3n) is 2.78. The molecule has 0 atom stereocenters. The fourth-order valence-electron chi connectivity index (χ4n) is 2.03. The summed E-state index contributed by atoms with van der Waals surface area (Å²) >= 11 is 0. The Morgan fingerprint density at radius 3 is 2.17 bits per heavy atom. The molecule has 0 saturated heterocycles. The van der Waals surface area contributed by atoms with Gasteiger partial charge in [-0.3, -0.25) is 0 Å². The van der Waals surface area contributed by atoms with Gasteiger partial charge in [0.25, 0.3) is 0 Å². The van der Waals surface area contributed by atoms with Crippen LogP contribution in [0.2, 0.25) is 12.1 Å². The van der Waals surface area contributed by atoms with E-state index in [4.69, 9.17) is 5.11 Å². The molecule has 0 aromatic rings. The lowest BCUT2D eigenvalue weighted by molar-refractivity contribution is 0.317. The quantitative estimate of drug-likeness (QED) is 0.640. The molecule has 0 bridgehead atoms. The first-order valence-corrected chi connectivity index (χ1v) is 5.37. The molecule has 1 rings (SSSR count). The minimum absolute atomic E-state index is 0.330. The Morgan fingerprint density at radius 2 is 1.58 bits per heavy atom. The van der Waals surface area contributed by atoms with Crippen molar-refractivity contribution in [3.05, 3.63) is 0 Å². The van der Waals surface area contributed by atoms with Gasteiger partial charge in [-0.15, -0.1) is 0 Å². The highest BCUT2D eigenvalue weighted by atomic mass is 16.2. The van der Waals surface area contributed by atoms with Crippen LogP contribution < -0.4 is 0 Å². The van der Waals surface area contributed by atoms with Crippen molar-refractivity contribution in [2.75, 3.05) is 6.61 Å². The highest BCUT2D eigenvalue weighted by Crippen LogP contribution is 2.26. The summed E-state index contributed by atoms with van der Waals surface area (Å²) in [5.41, 5.74) is 0. The summed E-state index contributed by atoms with van der Waals surface area (Å²) in [5.74, 6) is 0.803. The van der Waals surface area contributed by atoms with Gasteiger partial charge in [-0.05, 0) is 0 Å². The third-order valence-corrected chi connectivity index (χ3v) is 2.78. The highest BCUT2D eigenvalue weighted by molar-refractivity contribution is 6.37. The Labute approximate surface area is 76.8 Å². The Kier molecular flexibility index (Phi) is 5.50. The molecule has 0 amide bonds.